The number of aliphatic hydroxyl groups is 2. The summed E-state index contributed by atoms with van der Waals surface area (Å²) in [5, 5.41) is 29.7. The molecule has 418 valence electrons. The number of hydrogen-bond acceptors (Lipinski definition) is 18. The van der Waals surface area contributed by atoms with Gasteiger partial charge in [0.2, 0.25) is 0 Å². The van der Waals surface area contributed by atoms with E-state index < -0.39 is 164 Å². The number of Topliss-reactive ketones (excluding diaryl/α,β-unsaturated/α-hetero) is 1. The molecule has 4 fully saturated rings. The van der Waals surface area contributed by atoms with Crippen LogP contribution in [0.3, 0.4) is 0 Å². The van der Waals surface area contributed by atoms with Crippen molar-refractivity contribution in [2.75, 3.05) is 13.2 Å². The first-order chi connectivity index (χ1) is 36.6. The van der Waals surface area contributed by atoms with E-state index in [9.17, 15) is 39.0 Å². The zero-order valence-corrected chi connectivity index (χ0v) is 46.5. The first-order valence-corrected chi connectivity index (χ1v) is 29.1. The lowest BCUT2D eigenvalue weighted by atomic mass is 9.44. The quantitative estimate of drug-likeness (QED) is 0.0861. The van der Waals surface area contributed by atoms with E-state index in [1.165, 1.54) is 39.8 Å². The molecule has 2 aliphatic heterocycles. The van der Waals surface area contributed by atoms with E-state index in [-0.39, 0.29) is 29.6 Å². The molecule has 5 aliphatic rings. The van der Waals surface area contributed by atoms with Gasteiger partial charge in [-0.05, 0) is 79.4 Å². The highest BCUT2D eigenvalue weighted by atomic mass is 28.4. The second-order valence-electron chi connectivity index (χ2n) is 23.2. The summed E-state index contributed by atoms with van der Waals surface area (Å²) in [4.78, 5) is 115. The first kappa shape index (κ1) is 57.6. The van der Waals surface area contributed by atoms with Crippen LogP contribution in [0.15, 0.2) is 102 Å². The molecule has 2 saturated heterocycles. The largest absolute Gasteiger partial charge is 0.456 e. The number of aliphatic hydroxyl groups excluding tert-OH is 1. The molecule has 20 heteroatoms. The number of amides is 1. The molecule has 0 spiro atoms. The van der Waals surface area contributed by atoms with Crippen molar-refractivity contribution in [3.05, 3.63) is 119 Å². The summed E-state index contributed by atoms with van der Waals surface area (Å²) in [6.07, 6.45) is -14.3. The third-order valence-corrected chi connectivity index (χ3v) is 21.5. The maximum Gasteiger partial charge on any atom is 0.344 e. The van der Waals surface area contributed by atoms with Crippen molar-refractivity contribution < 1.29 is 86.2 Å². The van der Waals surface area contributed by atoms with Gasteiger partial charge in [0.1, 0.15) is 30.0 Å². The summed E-state index contributed by atoms with van der Waals surface area (Å²) < 4.78 is 49.7. The van der Waals surface area contributed by atoms with Crippen LogP contribution in [0.2, 0.25) is 18.1 Å². The van der Waals surface area contributed by atoms with Gasteiger partial charge in [-0.15, -0.1) is 0 Å². The van der Waals surface area contributed by atoms with Gasteiger partial charge in [0, 0.05) is 37.2 Å². The number of cyclic esters (lactones) is 1. The summed E-state index contributed by atoms with van der Waals surface area (Å²) >= 11 is 0. The maximum absolute atomic E-state index is 16.3. The number of benzene rings is 3. The molecule has 3 aromatic carbocycles. The number of ketones is 1. The Labute approximate surface area is 453 Å². The molecule has 0 radical (unpaired) electrons. The van der Waals surface area contributed by atoms with Crippen LogP contribution in [0.25, 0.3) is 0 Å². The molecule has 8 rings (SSSR count). The summed E-state index contributed by atoms with van der Waals surface area (Å²) in [7, 11) is -3.01. The van der Waals surface area contributed by atoms with E-state index >= 15 is 9.59 Å². The lowest BCUT2D eigenvalue weighted by Gasteiger charge is -2.68. The molecular formula is C58H69NO18Si. The van der Waals surface area contributed by atoms with E-state index in [1.807, 2.05) is 33.9 Å². The van der Waals surface area contributed by atoms with Crippen molar-refractivity contribution in [3.8, 4) is 0 Å². The molecule has 1 amide bonds. The Morgan fingerprint density at radius 3 is 1.97 bits per heavy atom. The Hall–Kier alpha value is -6.58. The van der Waals surface area contributed by atoms with E-state index in [1.54, 1.807) is 78.9 Å². The number of rotatable bonds is 11. The fourth-order valence-corrected chi connectivity index (χ4v) is 13.0. The van der Waals surface area contributed by atoms with Gasteiger partial charge in [0.25, 0.3) is 5.91 Å². The van der Waals surface area contributed by atoms with Gasteiger partial charge in [-0.2, -0.15) is 0 Å². The van der Waals surface area contributed by atoms with Crippen molar-refractivity contribution >= 4 is 55.8 Å². The molecule has 0 unspecified atom stereocenters. The van der Waals surface area contributed by atoms with Gasteiger partial charge in [-0.3, -0.25) is 24.0 Å². The number of carbonyl (C=O) groups excluding carboxylic acids is 8. The SMILES string of the molecule is CC(=O)O[C@H]1C(=O)[C@]2(C)[C@H](O)[C@@H]3OC(=O)COC(=O)CCCC(=O)O[C@]4(CO[C@H]34)[C@H]2[C@H](OC(=O)c2ccccc2)[C@]2(O)C[C@H](OC(=O)[C@H](O[Si](C)(C)C(C)(C)C)[C@@H](NC(=O)c3ccccc3)c3ccccc3)C(C)=C1C2(C)C. The molecule has 3 aliphatic carbocycles. The average Bonchev–Trinajstić information content (AvgIpc) is 1.45. The van der Waals surface area contributed by atoms with Gasteiger partial charge in [0.15, 0.2) is 44.6 Å². The van der Waals surface area contributed by atoms with E-state index in [2.05, 4.69) is 5.32 Å². The molecule has 4 bridgehead atoms. The van der Waals surface area contributed by atoms with Crippen molar-refractivity contribution in [2.24, 2.45) is 16.7 Å². The Morgan fingerprint density at radius 2 is 1.40 bits per heavy atom. The summed E-state index contributed by atoms with van der Waals surface area (Å²) in [5.74, 6) is -9.36. The minimum Gasteiger partial charge on any atom is -0.456 e. The van der Waals surface area contributed by atoms with Gasteiger partial charge in [0.05, 0.1) is 29.5 Å². The topological polar surface area (TPSA) is 263 Å². The monoisotopic (exact) mass is 1100 g/mol. The third-order valence-electron chi connectivity index (χ3n) is 17.0. The lowest BCUT2D eigenvalue weighted by Crippen LogP contribution is -2.85. The minimum atomic E-state index is -3.01. The smallest absolute Gasteiger partial charge is 0.344 e. The molecule has 2 saturated carbocycles. The van der Waals surface area contributed by atoms with Crippen LogP contribution in [0, 0.1) is 16.7 Å². The zero-order chi connectivity index (χ0) is 56.9. The zero-order valence-electron chi connectivity index (χ0n) is 45.5. The van der Waals surface area contributed by atoms with Crippen molar-refractivity contribution in [3.63, 3.8) is 0 Å². The standard InChI is InChI=1S/C58H69NO18Si/c1-32-37(73-53(68)44(77-78(9,10)54(3,4)5)42(34-21-14-11-15-22-34)59-51(66)35-23-16-12-17-24-35)29-58(69)50(75-52(67)36-25-18-13-19-26-36)46-56(8,47(64)43(72-33(2)60)41(32)55(58,6)7)48(65)45-49-57(46,31-71-49)76-39(62)28-20-27-38(61)70-30-40(63)74-45/h11-19,21-26,37,42-46,48-50,65,69H,20,27-31H2,1-10H3,(H,59,66)/t37-,42-,43+,44+,45-,46-,48+,49+,50-,56+,57+,58+/m0/s1. The second kappa shape index (κ2) is 21.6. The normalized spacial score (nSPS) is 30.8. The Balaban J connectivity index is 1.35. The van der Waals surface area contributed by atoms with Crippen LogP contribution >= 0.6 is 0 Å². The fraction of sp³-hybridized carbons (Fsp3) is 0.517. The number of hydrogen-bond donors (Lipinski definition) is 3. The second-order valence-corrected chi connectivity index (χ2v) is 27.9. The number of esters is 6. The molecule has 3 aromatic rings. The molecule has 12 atom stereocenters. The summed E-state index contributed by atoms with van der Waals surface area (Å²) in [5.41, 5.74) is -8.24. The minimum absolute atomic E-state index is 0.00804. The highest BCUT2D eigenvalue weighted by Crippen LogP contribution is 2.65. The molecule has 3 N–H and O–H groups in total. The number of carbonyl (C=O) groups is 8. The summed E-state index contributed by atoms with van der Waals surface area (Å²) in [6, 6.07) is 23.6. The molecule has 0 aromatic heterocycles. The van der Waals surface area contributed by atoms with Crippen molar-refractivity contribution in [1.29, 1.82) is 0 Å². The summed E-state index contributed by atoms with van der Waals surface area (Å²) in [6.45, 7) is 15.2. The van der Waals surface area contributed by atoms with Crippen LogP contribution in [0.4, 0.5) is 0 Å². The van der Waals surface area contributed by atoms with E-state index in [4.69, 9.17) is 37.6 Å². The van der Waals surface area contributed by atoms with Crippen LogP contribution < -0.4 is 5.32 Å². The van der Waals surface area contributed by atoms with Gasteiger partial charge < -0.3 is 53.1 Å². The first-order valence-electron chi connectivity index (χ1n) is 26.2. The lowest BCUT2D eigenvalue weighted by molar-refractivity contribution is -0.370. The number of fused-ring (bicyclic) bond motifs is 3. The van der Waals surface area contributed by atoms with Gasteiger partial charge >= 0.3 is 35.8 Å². The number of nitrogens with one attached hydrogen (secondary N) is 1. The van der Waals surface area contributed by atoms with Gasteiger partial charge in [-0.25, -0.2) is 14.4 Å². The van der Waals surface area contributed by atoms with Crippen LogP contribution in [0.5, 0.6) is 0 Å². The predicted octanol–water partition coefficient (Wildman–Crippen LogP) is 5.99. The van der Waals surface area contributed by atoms with Crippen molar-refractivity contribution in [2.45, 2.75) is 159 Å². The highest BCUT2D eigenvalue weighted by molar-refractivity contribution is 6.74. The number of ether oxygens (including phenoxy) is 7. The van der Waals surface area contributed by atoms with E-state index in [0.29, 0.717) is 11.1 Å². The van der Waals surface area contributed by atoms with Gasteiger partial charge in [-0.1, -0.05) is 101 Å². The van der Waals surface area contributed by atoms with Crippen LogP contribution in [-0.2, 0) is 66.4 Å². The van der Waals surface area contributed by atoms with Crippen LogP contribution in [0.1, 0.15) is 113 Å². The predicted molar refractivity (Wildman–Crippen MR) is 278 cm³/mol. The van der Waals surface area contributed by atoms with Crippen LogP contribution in [-0.4, -0.2) is 133 Å². The molecule has 78 heavy (non-hydrogen) atoms. The Morgan fingerprint density at radius 1 is 0.808 bits per heavy atom. The molecular weight excluding hydrogens is 1030 g/mol. The molecule has 19 nitrogen and oxygen atoms in total. The fourth-order valence-electron chi connectivity index (χ4n) is 11.7. The Kier molecular flexibility index (Phi) is 15.9. The van der Waals surface area contributed by atoms with E-state index in [0.717, 1.165) is 6.92 Å². The molecule has 2 heterocycles. The third kappa shape index (κ3) is 10.3. The highest BCUT2D eigenvalue weighted by Gasteiger charge is 2.81. The maximum atomic E-state index is 16.3. The van der Waals surface area contributed by atoms with Crippen molar-refractivity contribution in [1.82, 2.24) is 5.32 Å². The average molecular weight is 1100 g/mol. The Bertz CT molecular complexity index is 2870.